The molecule has 62 heavy (non-hydrogen) atoms. The third-order valence-corrected chi connectivity index (χ3v) is 12.4. The lowest BCUT2D eigenvalue weighted by Crippen LogP contribution is -2.01. The fourth-order valence-electron chi connectivity index (χ4n) is 9.50. The minimum atomic E-state index is 0.535. The van der Waals surface area contributed by atoms with E-state index in [0.29, 0.717) is 17.5 Å². The van der Waals surface area contributed by atoms with Crippen LogP contribution < -0.4 is 0 Å². The summed E-state index contributed by atoms with van der Waals surface area (Å²) in [4.78, 5) is 15.7. The monoisotopic (exact) mass is 790 g/mol. The minimum Gasteiger partial charge on any atom is -0.455 e. The van der Waals surface area contributed by atoms with Crippen molar-refractivity contribution in [3.05, 3.63) is 206 Å². The van der Waals surface area contributed by atoms with Crippen molar-refractivity contribution < 1.29 is 4.42 Å². The lowest BCUT2D eigenvalue weighted by atomic mass is 10.00. The standard InChI is InChI=1S/C57H34N4O/c1-3-13-35(14-4-1)36-23-25-41(26-24-36)56-58-55(40-18-5-2-6-19-40)59-57(60-56)48-34-42(33-47-46-30-27-39-17-9-12-22-45(39)53(46)62-54(47)48)61-49-31-28-37-15-7-10-20-43(37)51(49)52-44-21-11-8-16-38(44)29-32-50(52)61/h1-34H. The molecule has 3 heterocycles. The smallest absolute Gasteiger partial charge is 0.167 e. The van der Waals surface area contributed by atoms with Crippen LogP contribution in [0, 0.1) is 0 Å². The SMILES string of the molecule is c1ccc(-c2ccc(-c3nc(-c4ccccc4)nc(-c4cc(-n5c6ccc7ccccc7c6c6c7ccccc7ccc65)cc5c4oc4c6ccccc6ccc54)n3)cc2)cc1. The van der Waals surface area contributed by atoms with Gasteiger partial charge in [0.15, 0.2) is 17.5 Å². The van der Waals surface area contributed by atoms with Crippen molar-refractivity contribution in [2.45, 2.75) is 0 Å². The van der Waals surface area contributed by atoms with Crippen molar-refractivity contribution in [1.29, 1.82) is 0 Å². The summed E-state index contributed by atoms with van der Waals surface area (Å²) in [6.45, 7) is 0. The highest BCUT2D eigenvalue weighted by Gasteiger charge is 2.23. The first-order chi connectivity index (χ1) is 30.7. The number of fused-ring (bicyclic) bond motifs is 12. The van der Waals surface area contributed by atoms with Gasteiger partial charge < -0.3 is 8.98 Å². The second kappa shape index (κ2) is 13.6. The summed E-state index contributed by atoms with van der Waals surface area (Å²) in [6.07, 6.45) is 0. The summed E-state index contributed by atoms with van der Waals surface area (Å²) in [5.74, 6) is 1.71. The van der Waals surface area contributed by atoms with Crippen molar-refractivity contribution in [3.63, 3.8) is 0 Å². The molecule has 13 rings (SSSR count). The lowest BCUT2D eigenvalue weighted by Gasteiger charge is -2.13. The van der Waals surface area contributed by atoms with Crippen molar-refractivity contribution in [3.8, 4) is 51.0 Å². The van der Waals surface area contributed by atoms with E-state index in [0.717, 1.165) is 77.2 Å². The zero-order valence-electron chi connectivity index (χ0n) is 33.3. The van der Waals surface area contributed by atoms with E-state index in [9.17, 15) is 0 Å². The van der Waals surface area contributed by atoms with E-state index in [1.165, 1.54) is 32.3 Å². The number of nitrogens with zero attached hydrogens (tertiary/aromatic N) is 4. The van der Waals surface area contributed by atoms with Gasteiger partial charge in [-0.3, -0.25) is 0 Å². The number of hydrogen-bond acceptors (Lipinski definition) is 4. The molecule has 0 aliphatic heterocycles. The molecule has 0 saturated carbocycles. The molecule has 0 unspecified atom stereocenters. The van der Waals surface area contributed by atoms with Crippen molar-refractivity contribution >= 4 is 76.1 Å². The first kappa shape index (κ1) is 34.5. The van der Waals surface area contributed by atoms with Crippen LogP contribution in [-0.2, 0) is 0 Å². The molecular weight excluding hydrogens is 757 g/mol. The topological polar surface area (TPSA) is 56.7 Å². The van der Waals surface area contributed by atoms with Crippen LogP contribution in [0.15, 0.2) is 211 Å². The van der Waals surface area contributed by atoms with Crippen molar-refractivity contribution in [2.24, 2.45) is 0 Å². The minimum absolute atomic E-state index is 0.535. The van der Waals surface area contributed by atoms with E-state index in [4.69, 9.17) is 19.4 Å². The maximum absolute atomic E-state index is 7.06. The van der Waals surface area contributed by atoms with Crippen molar-refractivity contribution in [2.75, 3.05) is 0 Å². The van der Waals surface area contributed by atoms with E-state index in [2.05, 4.69) is 174 Å². The van der Waals surface area contributed by atoms with Gasteiger partial charge in [0.1, 0.15) is 11.2 Å². The maximum atomic E-state index is 7.06. The summed E-state index contributed by atoms with van der Waals surface area (Å²) < 4.78 is 9.47. The number of rotatable bonds is 5. The molecule has 0 amide bonds. The van der Waals surface area contributed by atoms with E-state index in [-0.39, 0.29) is 0 Å². The first-order valence-electron chi connectivity index (χ1n) is 20.9. The third kappa shape index (κ3) is 5.32. The van der Waals surface area contributed by atoms with Crippen LogP contribution in [0.1, 0.15) is 0 Å². The molecule has 0 saturated heterocycles. The Balaban J connectivity index is 1.13. The fraction of sp³-hybridized carbons (Fsp3) is 0. The van der Waals surface area contributed by atoms with Crippen LogP contribution >= 0.6 is 0 Å². The quantitative estimate of drug-likeness (QED) is 0.174. The predicted molar refractivity (Wildman–Crippen MR) is 256 cm³/mol. The van der Waals surface area contributed by atoms with Gasteiger partial charge in [0.25, 0.3) is 0 Å². The van der Waals surface area contributed by atoms with Gasteiger partial charge >= 0.3 is 0 Å². The molecule has 0 fully saturated rings. The van der Waals surface area contributed by atoms with Crippen LogP contribution in [-0.4, -0.2) is 19.5 Å². The lowest BCUT2D eigenvalue weighted by molar-refractivity contribution is 0.673. The Morgan fingerprint density at radius 3 is 1.42 bits per heavy atom. The molecule has 13 aromatic rings. The summed E-state index contributed by atoms with van der Waals surface area (Å²) in [6, 6.07) is 72.7. The van der Waals surface area contributed by atoms with Gasteiger partial charge in [0, 0.05) is 43.7 Å². The molecule has 10 aromatic carbocycles. The molecule has 0 radical (unpaired) electrons. The molecule has 5 nitrogen and oxygen atoms in total. The summed E-state index contributed by atoms with van der Waals surface area (Å²) in [5, 5.41) is 11.5. The summed E-state index contributed by atoms with van der Waals surface area (Å²) in [5.41, 5.74) is 9.68. The molecule has 0 spiro atoms. The van der Waals surface area contributed by atoms with Crippen LogP contribution in [0.2, 0.25) is 0 Å². The van der Waals surface area contributed by atoms with Gasteiger partial charge in [-0.2, -0.15) is 0 Å². The highest BCUT2D eigenvalue weighted by atomic mass is 16.3. The van der Waals surface area contributed by atoms with Crippen LogP contribution in [0.5, 0.6) is 0 Å². The Morgan fingerprint density at radius 1 is 0.323 bits per heavy atom. The van der Waals surface area contributed by atoms with Gasteiger partial charge in [-0.1, -0.05) is 176 Å². The van der Waals surface area contributed by atoms with Crippen LogP contribution in [0.3, 0.4) is 0 Å². The van der Waals surface area contributed by atoms with Gasteiger partial charge in [0.2, 0.25) is 0 Å². The molecule has 0 aliphatic carbocycles. The van der Waals surface area contributed by atoms with Gasteiger partial charge in [-0.05, 0) is 68.4 Å². The first-order valence-corrected chi connectivity index (χ1v) is 20.9. The predicted octanol–water partition coefficient (Wildman–Crippen LogP) is 15.0. The number of furan rings is 1. The molecule has 0 aliphatic rings. The summed E-state index contributed by atoms with van der Waals surface area (Å²) >= 11 is 0. The Labute approximate surface area is 355 Å². The Kier molecular flexibility index (Phi) is 7.54. The largest absolute Gasteiger partial charge is 0.455 e. The van der Waals surface area contributed by atoms with Crippen LogP contribution in [0.4, 0.5) is 0 Å². The fourth-order valence-corrected chi connectivity index (χ4v) is 9.50. The summed E-state index contributed by atoms with van der Waals surface area (Å²) in [7, 11) is 0. The Hall–Kier alpha value is -8.41. The number of hydrogen-bond donors (Lipinski definition) is 0. The number of aromatic nitrogens is 4. The Morgan fingerprint density at radius 2 is 0.790 bits per heavy atom. The van der Waals surface area contributed by atoms with Crippen molar-refractivity contribution in [1.82, 2.24) is 19.5 Å². The second-order valence-corrected chi connectivity index (χ2v) is 15.9. The third-order valence-electron chi connectivity index (χ3n) is 12.4. The van der Waals surface area contributed by atoms with E-state index >= 15 is 0 Å². The van der Waals surface area contributed by atoms with Gasteiger partial charge in [-0.25, -0.2) is 15.0 Å². The van der Waals surface area contributed by atoms with E-state index in [1.807, 2.05) is 36.4 Å². The Bertz CT molecular complexity index is 3810. The average molecular weight is 791 g/mol. The normalized spacial score (nSPS) is 11.9. The highest BCUT2D eigenvalue weighted by Crippen LogP contribution is 2.44. The maximum Gasteiger partial charge on any atom is 0.167 e. The molecule has 288 valence electrons. The molecule has 0 bridgehead atoms. The molecule has 5 heteroatoms. The molecule has 3 aromatic heterocycles. The molecule has 0 N–H and O–H groups in total. The molecular formula is C57H34N4O. The number of benzene rings is 10. The van der Waals surface area contributed by atoms with E-state index < -0.39 is 0 Å². The second-order valence-electron chi connectivity index (χ2n) is 15.9. The highest BCUT2D eigenvalue weighted by molar-refractivity contribution is 6.29. The zero-order chi connectivity index (χ0) is 40.7. The average Bonchev–Trinajstić information content (AvgIpc) is 3.91. The van der Waals surface area contributed by atoms with Gasteiger partial charge in [-0.15, -0.1) is 0 Å². The molecule has 0 atom stereocenters. The van der Waals surface area contributed by atoms with Gasteiger partial charge in [0.05, 0.1) is 16.6 Å². The van der Waals surface area contributed by atoms with E-state index in [1.54, 1.807) is 0 Å². The van der Waals surface area contributed by atoms with Crippen LogP contribution in [0.25, 0.3) is 127 Å². The zero-order valence-corrected chi connectivity index (χ0v) is 33.3.